The number of nitrogens with zero attached hydrogens (tertiary/aromatic N) is 1. The van der Waals surface area contributed by atoms with E-state index in [1.54, 1.807) is 0 Å². The lowest BCUT2D eigenvalue weighted by atomic mass is 10.2. The van der Waals surface area contributed by atoms with Gasteiger partial charge in [0.2, 0.25) is 10.0 Å². The Kier molecular flexibility index (Phi) is 4.94. The number of rotatable bonds is 4. The molecule has 1 fully saturated rings. The van der Waals surface area contributed by atoms with Crippen molar-refractivity contribution >= 4 is 43.5 Å². The first-order valence-corrected chi connectivity index (χ1v) is 8.75. The summed E-state index contributed by atoms with van der Waals surface area (Å²) in [5.41, 5.74) is -0.288. The molecule has 6 nitrogen and oxygen atoms in total. The van der Waals surface area contributed by atoms with Crippen molar-refractivity contribution in [2.45, 2.75) is 23.8 Å². The summed E-state index contributed by atoms with van der Waals surface area (Å²) in [7, 11) is -3.87. The molecule has 0 aliphatic carbocycles. The fraction of sp³-hybridized carbons (Fsp3) is 0.417. The summed E-state index contributed by atoms with van der Waals surface area (Å²) in [6.45, 7) is 0.0377. The first kappa shape index (κ1) is 16.7. The second kappa shape index (κ2) is 6.21. The molecule has 0 aromatic heterocycles. The minimum Gasteiger partial charge on any atom is -0.478 e. The van der Waals surface area contributed by atoms with Gasteiger partial charge in [-0.1, -0.05) is 11.6 Å². The highest BCUT2D eigenvalue weighted by Crippen LogP contribution is 2.33. The van der Waals surface area contributed by atoms with Gasteiger partial charge in [-0.2, -0.15) is 4.31 Å². The van der Waals surface area contributed by atoms with E-state index in [2.05, 4.69) is 15.9 Å². The van der Waals surface area contributed by atoms with Gasteiger partial charge in [-0.25, -0.2) is 13.2 Å². The largest absolute Gasteiger partial charge is 0.478 e. The molecule has 1 aromatic carbocycles. The standard InChI is InChI=1S/C12H13BrClNO5S/c13-10-5-8(4-9(11(10)14)12(17)18)21(19,20)15-3-1-2-7(15)6-16/h4-5,7,16H,1-3,6H2,(H,17,18). The van der Waals surface area contributed by atoms with Crippen LogP contribution in [0.15, 0.2) is 21.5 Å². The van der Waals surface area contributed by atoms with Crippen molar-refractivity contribution in [2.75, 3.05) is 13.2 Å². The third kappa shape index (κ3) is 3.09. The SMILES string of the molecule is O=C(O)c1cc(S(=O)(=O)N2CCCC2CO)cc(Br)c1Cl. The summed E-state index contributed by atoms with van der Waals surface area (Å²) in [5, 5.41) is 18.3. The van der Waals surface area contributed by atoms with Crippen LogP contribution in [-0.2, 0) is 10.0 Å². The highest BCUT2D eigenvalue weighted by atomic mass is 79.9. The minimum absolute atomic E-state index is 0.0541. The number of hydrogen-bond acceptors (Lipinski definition) is 4. The molecule has 2 N–H and O–H groups in total. The van der Waals surface area contributed by atoms with Crippen LogP contribution in [0.3, 0.4) is 0 Å². The molecule has 0 amide bonds. The Bertz CT molecular complexity index is 678. The number of halogens is 2. The Hall–Kier alpha value is -0.670. The molecule has 2 rings (SSSR count). The number of carboxylic acid groups (broad SMARTS) is 1. The van der Waals surface area contributed by atoms with Crippen LogP contribution in [0, 0.1) is 0 Å². The molecule has 0 spiro atoms. The van der Waals surface area contributed by atoms with Gasteiger partial charge < -0.3 is 10.2 Å². The number of aliphatic hydroxyl groups is 1. The van der Waals surface area contributed by atoms with Crippen molar-refractivity contribution in [3.8, 4) is 0 Å². The maximum absolute atomic E-state index is 12.6. The van der Waals surface area contributed by atoms with Crippen molar-refractivity contribution in [1.29, 1.82) is 0 Å². The van der Waals surface area contributed by atoms with Gasteiger partial charge in [-0.15, -0.1) is 0 Å². The van der Waals surface area contributed by atoms with Gasteiger partial charge in [0.25, 0.3) is 0 Å². The van der Waals surface area contributed by atoms with Crippen molar-refractivity contribution in [3.05, 3.63) is 27.2 Å². The lowest BCUT2D eigenvalue weighted by molar-refractivity contribution is 0.0696. The minimum atomic E-state index is -3.87. The average molecular weight is 399 g/mol. The van der Waals surface area contributed by atoms with Crippen molar-refractivity contribution in [1.82, 2.24) is 4.31 Å². The molecule has 1 aliphatic rings. The van der Waals surface area contributed by atoms with E-state index in [0.29, 0.717) is 19.4 Å². The van der Waals surface area contributed by atoms with E-state index in [-0.39, 0.29) is 26.6 Å². The summed E-state index contributed by atoms with van der Waals surface area (Å²) in [6, 6.07) is 1.84. The maximum Gasteiger partial charge on any atom is 0.337 e. The van der Waals surface area contributed by atoms with Crippen LogP contribution in [-0.4, -0.2) is 48.1 Å². The predicted octanol–water partition coefficient (Wildman–Crippen LogP) is 1.95. The molecule has 1 heterocycles. The molecule has 1 aromatic rings. The predicted molar refractivity (Wildman–Crippen MR) is 80.1 cm³/mol. The van der Waals surface area contributed by atoms with Gasteiger partial charge in [-0.05, 0) is 40.9 Å². The highest BCUT2D eigenvalue weighted by Gasteiger charge is 2.35. The molecule has 21 heavy (non-hydrogen) atoms. The van der Waals surface area contributed by atoms with Crippen LogP contribution in [0.4, 0.5) is 0 Å². The fourth-order valence-corrected chi connectivity index (χ4v) is 4.85. The van der Waals surface area contributed by atoms with Gasteiger partial charge in [-0.3, -0.25) is 0 Å². The molecular formula is C12H13BrClNO5S. The van der Waals surface area contributed by atoms with E-state index >= 15 is 0 Å². The van der Waals surface area contributed by atoms with Gasteiger partial charge in [0.15, 0.2) is 0 Å². The molecule has 1 saturated heterocycles. The van der Waals surface area contributed by atoms with Crippen LogP contribution in [0.5, 0.6) is 0 Å². The second-order valence-corrected chi connectivity index (χ2v) is 7.79. The second-order valence-electron chi connectivity index (χ2n) is 4.67. The summed E-state index contributed by atoms with van der Waals surface area (Å²) in [5.74, 6) is -1.31. The molecule has 0 radical (unpaired) electrons. The summed E-state index contributed by atoms with van der Waals surface area (Å²) in [6.07, 6.45) is 1.24. The van der Waals surface area contributed by atoms with Gasteiger partial charge in [0.05, 0.1) is 22.1 Å². The zero-order valence-electron chi connectivity index (χ0n) is 10.8. The normalized spacial score (nSPS) is 19.9. The molecule has 1 unspecified atom stereocenters. The Morgan fingerprint density at radius 1 is 1.48 bits per heavy atom. The number of aliphatic hydroxyl groups excluding tert-OH is 1. The van der Waals surface area contributed by atoms with Crippen molar-refractivity contribution < 1.29 is 23.4 Å². The van der Waals surface area contributed by atoms with Crippen LogP contribution >= 0.6 is 27.5 Å². The van der Waals surface area contributed by atoms with E-state index in [4.69, 9.17) is 16.7 Å². The van der Waals surface area contributed by atoms with E-state index in [1.165, 1.54) is 10.4 Å². The molecule has 116 valence electrons. The maximum atomic E-state index is 12.6. The smallest absolute Gasteiger partial charge is 0.337 e. The quantitative estimate of drug-likeness (QED) is 0.808. The number of carbonyl (C=O) groups is 1. The first-order valence-electron chi connectivity index (χ1n) is 6.14. The topological polar surface area (TPSA) is 94.9 Å². The van der Waals surface area contributed by atoms with Gasteiger partial charge in [0, 0.05) is 17.1 Å². The van der Waals surface area contributed by atoms with Crippen molar-refractivity contribution in [2.24, 2.45) is 0 Å². The summed E-state index contributed by atoms with van der Waals surface area (Å²) in [4.78, 5) is 11.0. The highest BCUT2D eigenvalue weighted by molar-refractivity contribution is 9.10. The summed E-state index contributed by atoms with van der Waals surface area (Å²) < 4.78 is 26.6. The third-order valence-corrected chi connectivity index (χ3v) is 6.56. The third-order valence-electron chi connectivity index (χ3n) is 3.37. The number of hydrogen-bond donors (Lipinski definition) is 2. The fourth-order valence-electron chi connectivity index (χ4n) is 2.31. The van der Waals surface area contributed by atoms with Crippen LogP contribution in [0.25, 0.3) is 0 Å². The van der Waals surface area contributed by atoms with Crippen LogP contribution in [0.1, 0.15) is 23.2 Å². The first-order chi connectivity index (χ1) is 9.78. The molecule has 9 heteroatoms. The number of sulfonamides is 1. The van der Waals surface area contributed by atoms with Crippen LogP contribution in [0.2, 0.25) is 5.02 Å². The lowest BCUT2D eigenvalue weighted by Crippen LogP contribution is -2.37. The molecule has 0 bridgehead atoms. The van der Waals surface area contributed by atoms with E-state index < -0.39 is 22.0 Å². The number of aromatic carboxylic acids is 1. The Morgan fingerprint density at radius 2 is 2.14 bits per heavy atom. The van der Waals surface area contributed by atoms with E-state index in [0.717, 1.165) is 6.07 Å². The van der Waals surface area contributed by atoms with E-state index in [9.17, 15) is 18.3 Å². The van der Waals surface area contributed by atoms with E-state index in [1.807, 2.05) is 0 Å². The lowest BCUT2D eigenvalue weighted by Gasteiger charge is -2.22. The molecule has 1 atom stereocenters. The molecule has 1 aliphatic heterocycles. The number of carboxylic acids is 1. The summed E-state index contributed by atoms with van der Waals surface area (Å²) >= 11 is 8.92. The molecule has 0 saturated carbocycles. The van der Waals surface area contributed by atoms with Crippen LogP contribution < -0.4 is 0 Å². The molecular weight excluding hydrogens is 386 g/mol. The monoisotopic (exact) mass is 397 g/mol. The zero-order valence-corrected chi connectivity index (χ0v) is 13.9. The average Bonchev–Trinajstić information content (AvgIpc) is 2.90. The van der Waals surface area contributed by atoms with Gasteiger partial charge >= 0.3 is 5.97 Å². The van der Waals surface area contributed by atoms with Crippen molar-refractivity contribution in [3.63, 3.8) is 0 Å². The number of benzene rings is 1. The Balaban J connectivity index is 2.53. The Morgan fingerprint density at radius 3 is 2.71 bits per heavy atom. The Labute approximate surface area is 135 Å². The van der Waals surface area contributed by atoms with Gasteiger partial charge in [0.1, 0.15) is 0 Å². The zero-order chi connectivity index (χ0) is 15.8.